The van der Waals surface area contributed by atoms with Gasteiger partial charge in [-0.25, -0.2) is 4.98 Å². The quantitative estimate of drug-likeness (QED) is 0.516. The van der Waals surface area contributed by atoms with Crippen molar-refractivity contribution in [2.24, 2.45) is 0 Å². The zero-order valence-electron chi connectivity index (χ0n) is 17.6. The molecule has 3 heterocycles. The highest BCUT2D eigenvalue weighted by molar-refractivity contribution is 5.94. The van der Waals surface area contributed by atoms with Gasteiger partial charge in [-0.05, 0) is 48.5 Å². The number of rotatable bonds is 5. The molecule has 162 valence electrons. The highest BCUT2D eigenvalue weighted by atomic mass is 16.5. The zero-order chi connectivity index (χ0) is 22.1. The van der Waals surface area contributed by atoms with Crippen molar-refractivity contribution < 1.29 is 18.8 Å². The zero-order valence-corrected chi connectivity index (χ0v) is 17.6. The maximum Gasteiger partial charge on any atom is 0.254 e. The lowest BCUT2D eigenvalue weighted by molar-refractivity contribution is 0.0589. The smallest absolute Gasteiger partial charge is 0.254 e. The Morgan fingerprint density at radius 2 is 1.75 bits per heavy atom. The van der Waals surface area contributed by atoms with Crippen LogP contribution in [0.3, 0.4) is 0 Å². The summed E-state index contributed by atoms with van der Waals surface area (Å²) in [7, 11) is 3.20. The maximum absolute atomic E-state index is 13.4. The molecule has 2 aromatic carbocycles. The summed E-state index contributed by atoms with van der Waals surface area (Å²) in [6, 6.07) is 14.0. The van der Waals surface area contributed by atoms with E-state index in [2.05, 4.69) is 20.1 Å². The van der Waals surface area contributed by atoms with Gasteiger partial charge in [-0.2, -0.15) is 4.98 Å². The van der Waals surface area contributed by atoms with E-state index in [1.165, 1.54) is 0 Å². The molecule has 9 nitrogen and oxygen atoms in total. The molecule has 0 unspecified atom stereocenters. The van der Waals surface area contributed by atoms with E-state index >= 15 is 0 Å². The third-order valence-electron chi connectivity index (χ3n) is 5.57. The fourth-order valence-electron chi connectivity index (χ4n) is 3.80. The standard InChI is InChI=1S/C23H21N5O4/c1-30-16-7-3-14(4-8-16)21-26-22(32-27-21)20-11-18-19(25-13-24-18)12-28(20)23(29)15-5-9-17(31-2)10-6-15/h3-10,13,20H,11-12H2,1-2H3,(H,24,25)/t20-/m0/s1. The number of hydrogen-bond acceptors (Lipinski definition) is 7. The van der Waals surface area contributed by atoms with Crippen LogP contribution < -0.4 is 9.47 Å². The molecule has 1 N–H and O–H groups in total. The number of nitrogens with zero attached hydrogens (tertiary/aromatic N) is 4. The Balaban J connectivity index is 1.47. The molecule has 1 aliphatic heterocycles. The molecule has 0 aliphatic carbocycles. The lowest BCUT2D eigenvalue weighted by Gasteiger charge is -2.32. The number of amides is 1. The number of carbonyl (C=O) groups is 1. The number of hydrogen-bond donors (Lipinski definition) is 1. The minimum Gasteiger partial charge on any atom is -0.497 e. The predicted octanol–water partition coefficient (Wildman–Crippen LogP) is 3.42. The van der Waals surface area contributed by atoms with Gasteiger partial charge in [0.2, 0.25) is 11.7 Å². The van der Waals surface area contributed by atoms with Gasteiger partial charge in [-0.1, -0.05) is 5.16 Å². The van der Waals surface area contributed by atoms with Crippen LogP contribution in [0.1, 0.15) is 33.7 Å². The van der Waals surface area contributed by atoms with Gasteiger partial charge in [0.1, 0.15) is 17.5 Å². The predicted molar refractivity (Wildman–Crippen MR) is 114 cm³/mol. The molecule has 0 fully saturated rings. The van der Waals surface area contributed by atoms with Crippen molar-refractivity contribution in [2.75, 3.05) is 14.2 Å². The molecule has 4 aromatic rings. The molecule has 1 amide bonds. The Morgan fingerprint density at radius 1 is 1.06 bits per heavy atom. The molecule has 0 saturated heterocycles. The molecule has 32 heavy (non-hydrogen) atoms. The summed E-state index contributed by atoms with van der Waals surface area (Å²) in [5.41, 5.74) is 3.13. The van der Waals surface area contributed by atoms with Crippen LogP contribution in [0.5, 0.6) is 11.5 Å². The number of benzene rings is 2. The lowest BCUT2D eigenvalue weighted by Crippen LogP contribution is -2.39. The summed E-state index contributed by atoms with van der Waals surface area (Å²) in [4.78, 5) is 27.3. The molecule has 1 atom stereocenters. The van der Waals surface area contributed by atoms with Crippen molar-refractivity contribution in [1.29, 1.82) is 0 Å². The summed E-state index contributed by atoms with van der Waals surface area (Å²) in [5.74, 6) is 2.11. The molecule has 2 aromatic heterocycles. The van der Waals surface area contributed by atoms with Crippen molar-refractivity contribution in [3.05, 3.63) is 77.7 Å². The fourth-order valence-corrected chi connectivity index (χ4v) is 3.80. The highest BCUT2D eigenvalue weighted by Crippen LogP contribution is 2.33. The van der Waals surface area contributed by atoms with Crippen LogP contribution in [0.15, 0.2) is 59.4 Å². The minimum atomic E-state index is -0.431. The average Bonchev–Trinajstić information content (AvgIpc) is 3.52. The van der Waals surface area contributed by atoms with Gasteiger partial charge in [0.25, 0.3) is 5.91 Å². The van der Waals surface area contributed by atoms with Gasteiger partial charge in [-0.15, -0.1) is 0 Å². The Labute approximate surface area is 184 Å². The van der Waals surface area contributed by atoms with E-state index in [-0.39, 0.29) is 5.91 Å². The van der Waals surface area contributed by atoms with Gasteiger partial charge in [0.15, 0.2) is 0 Å². The van der Waals surface area contributed by atoms with Crippen LogP contribution in [0.25, 0.3) is 11.4 Å². The molecule has 1 aliphatic rings. The van der Waals surface area contributed by atoms with Crippen molar-refractivity contribution in [3.63, 3.8) is 0 Å². The average molecular weight is 431 g/mol. The molecule has 0 radical (unpaired) electrons. The van der Waals surface area contributed by atoms with E-state index in [0.717, 1.165) is 22.7 Å². The summed E-state index contributed by atoms with van der Waals surface area (Å²) in [6.07, 6.45) is 2.12. The second-order valence-corrected chi connectivity index (χ2v) is 7.39. The highest BCUT2D eigenvalue weighted by Gasteiger charge is 2.36. The van der Waals surface area contributed by atoms with Crippen LogP contribution in [0.4, 0.5) is 0 Å². The number of ether oxygens (including phenoxy) is 2. The van der Waals surface area contributed by atoms with E-state index in [1.54, 1.807) is 49.7 Å². The minimum absolute atomic E-state index is 0.137. The van der Waals surface area contributed by atoms with Gasteiger partial charge >= 0.3 is 0 Å². The van der Waals surface area contributed by atoms with Crippen molar-refractivity contribution in [2.45, 2.75) is 19.0 Å². The molecular weight excluding hydrogens is 410 g/mol. The largest absolute Gasteiger partial charge is 0.497 e. The molecule has 5 rings (SSSR count). The molecule has 0 spiro atoms. The van der Waals surface area contributed by atoms with Crippen molar-refractivity contribution in [3.8, 4) is 22.9 Å². The second-order valence-electron chi connectivity index (χ2n) is 7.39. The second kappa shape index (κ2) is 8.18. The SMILES string of the molecule is COc1ccc(C(=O)N2Cc3[nH]cnc3C[C@H]2c2nc(-c3ccc(OC)cc3)no2)cc1. The van der Waals surface area contributed by atoms with Crippen LogP contribution in [0.2, 0.25) is 0 Å². The van der Waals surface area contributed by atoms with Crippen molar-refractivity contribution >= 4 is 5.91 Å². The van der Waals surface area contributed by atoms with Crippen molar-refractivity contribution in [1.82, 2.24) is 25.0 Å². The van der Waals surface area contributed by atoms with Crippen LogP contribution in [-0.2, 0) is 13.0 Å². The first kappa shape index (κ1) is 19.8. The fraction of sp³-hybridized carbons (Fsp3) is 0.217. The van der Waals surface area contributed by atoms with E-state index in [0.29, 0.717) is 36.0 Å². The first-order valence-electron chi connectivity index (χ1n) is 10.1. The van der Waals surface area contributed by atoms with E-state index in [4.69, 9.17) is 14.0 Å². The first-order valence-corrected chi connectivity index (χ1v) is 10.1. The molecular formula is C23H21N5O4. The van der Waals surface area contributed by atoms with Gasteiger partial charge in [0.05, 0.1) is 38.5 Å². The number of carbonyl (C=O) groups excluding carboxylic acids is 1. The third-order valence-corrected chi connectivity index (χ3v) is 5.57. The van der Waals surface area contributed by atoms with E-state index < -0.39 is 6.04 Å². The molecule has 0 saturated carbocycles. The maximum atomic E-state index is 13.4. The van der Waals surface area contributed by atoms with E-state index in [9.17, 15) is 4.79 Å². The Morgan fingerprint density at radius 3 is 2.44 bits per heavy atom. The summed E-state index contributed by atoms with van der Waals surface area (Å²) < 4.78 is 16.0. The number of fused-ring (bicyclic) bond motifs is 1. The number of aromatic nitrogens is 4. The van der Waals surface area contributed by atoms with Gasteiger partial charge in [-0.3, -0.25) is 4.79 Å². The van der Waals surface area contributed by atoms with Crippen LogP contribution in [-0.4, -0.2) is 45.1 Å². The monoisotopic (exact) mass is 431 g/mol. The van der Waals surface area contributed by atoms with Gasteiger partial charge < -0.3 is 23.9 Å². The number of methoxy groups -OCH3 is 2. The third kappa shape index (κ3) is 3.58. The number of nitrogens with one attached hydrogen (secondary N) is 1. The number of imidazole rings is 1. The van der Waals surface area contributed by atoms with Gasteiger partial charge in [0, 0.05) is 17.5 Å². The summed E-state index contributed by atoms with van der Waals surface area (Å²) in [6.45, 7) is 0.366. The van der Waals surface area contributed by atoms with E-state index in [1.807, 2.05) is 24.3 Å². The Bertz CT molecular complexity index is 1230. The summed E-state index contributed by atoms with van der Waals surface area (Å²) >= 11 is 0. The Kier molecular flexibility index (Phi) is 5.06. The number of aromatic amines is 1. The molecule has 0 bridgehead atoms. The summed E-state index contributed by atoms with van der Waals surface area (Å²) in [5, 5.41) is 4.14. The normalized spacial score (nSPS) is 15.3. The first-order chi connectivity index (χ1) is 15.7. The molecule has 9 heteroatoms. The van der Waals surface area contributed by atoms with Crippen LogP contribution in [0, 0.1) is 0 Å². The topological polar surface area (TPSA) is 106 Å². The Hall–Kier alpha value is -4.14. The lowest BCUT2D eigenvalue weighted by atomic mass is 10.0. The number of H-pyrrole nitrogens is 1. The van der Waals surface area contributed by atoms with Crippen LogP contribution >= 0.6 is 0 Å².